The molecule has 146 valence electrons. The number of alkyl carbamates (subject to hydrolysis) is 1. The molecule has 2 aromatic carbocycles. The fraction of sp³-hybridized carbons (Fsp3) is 0.286. The number of thioether (sulfide) groups is 1. The molecule has 1 aliphatic carbocycles. The van der Waals surface area contributed by atoms with Crippen molar-refractivity contribution in [2.24, 2.45) is 0 Å². The van der Waals surface area contributed by atoms with Gasteiger partial charge in [0.25, 0.3) is 0 Å². The lowest BCUT2D eigenvalue weighted by Crippen LogP contribution is -2.39. The number of hydrogen-bond donors (Lipinski definition) is 2. The molecule has 28 heavy (non-hydrogen) atoms. The van der Waals surface area contributed by atoms with Gasteiger partial charge in [0.15, 0.2) is 0 Å². The van der Waals surface area contributed by atoms with Gasteiger partial charge in [0, 0.05) is 18.6 Å². The summed E-state index contributed by atoms with van der Waals surface area (Å²) in [7, 11) is 0. The third-order valence-corrected chi connectivity index (χ3v) is 5.48. The zero-order valence-corrected chi connectivity index (χ0v) is 16.3. The molecule has 0 saturated heterocycles. The van der Waals surface area contributed by atoms with Crippen LogP contribution in [-0.4, -0.2) is 42.6 Å². The van der Waals surface area contributed by atoms with Crippen molar-refractivity contribution in [2.75, 3.05) is 18.2 Å². The summed E-state index contributed by atoms with van der Waals surface area (Å²) in [6.07, 6.45) is 0.0430. The summed E-state index contributed by atoms with van der Waals surface area (Å²) < 4.78 is 5.43. The van der Waals surface area contributed by atoms with E-state index in [2.05, 4.69) is 22.8 Å². The number of rotatable bonds is 8. The van der Waals surface area contributed by atoms with Crippen LogP contribution in [0, 0.1) is 0 Å². The second-order valence-corrected chi connectivity index (χ2v) is 7.49. The van der Waals surface area contributed by atoms with E-state index in [0.29, 0.717) is 17.9 Å². The fourth-order valence-electron chi connectivity index (χ4n) is 3.24. The van der Waals surface area contributed by atoms with E-state index in [0.717, 1.165) is 22.3 Å². The lowest BCUT2D eigenvalue weighted by atomic mass is 9.98. The van der Waals surface area contributed by atoms with Gasteiger partial charge in [-0.05, 0) is 22.3 Å². The van der Waals surface area contributed by atoms with E-state index in [4.69, 9.17) is 4.74 Å². The zero-order chi connectivity index (χ0) is 19.9. The van der Waals surface area contributed by atoms with E-state index in [1.807, 2.05) is 36.4 Å². The molecule has 0 radical (unpaired) electrons. The topological polar surface area (TPSA) is 84.5 Å². The number of aldehydes is 1. The molecule has 7 heteroatoms. The van der Waals surface area contributed by atoms with Crippen LogP contribution in [0.5, 0.6) is 0 Å². The van der Waals surface area contributed by atoms with Crippen molar-refractivity contribution in [3.8, 4) is 11.1 Å². The summed E-state index contributed by atoms with van der Waals surface area (Å²) in [5.74, 6) is 0.571. The Balaban J connectivity index is 1.56. The van der Waals surface area contributed by atoms with Crippen LogP contribution in [0.3, 0.4) is 0 Å². The molecule has 0 bridgehead atoms. The molecule has 2 amide bonds. The van der Waals surface area contributed by atoms with Gasteiger partial charge in [-0.3, -0.25) is 4.79 Å². The minimum absolute atomic E-state index is 0.0260. The largest absolute Gasteiger partial charge is 0.449 e. The number of hydrogen-bond acceptors (Lipinski definition) is 5. The Labute approximate surface area is 168 Å². The standard InChI is InChI=1S/C21H22N2O4S/c1-14(25)22-13-28-12-15(10-24)23-21(26)27-11-20-18-8-4-2-6-16(18)17-7-3-5-9-19(17)20/h2-10,15,20H,11-13H2,1H3,(H,22,25)(H,23,26). The predicted octanol–water partition coefficient (Wildman–Crippen LogP) is 2.92. The van der Waals surface area contributed by atoms with E-state index in [1.165, 1.54) is 18.7 Å². The van der Waals surface area contributed by atoms with E-state index < -0.39 is 12.1 Å². The molecule has 2 aromatic rings. The third kappa shape index (κ3) is 4.72. The van der Waals surface area contributed by atoms with Crippen LogP contribution >= 0.6 is 11.8 Å². The number of benzene rings is 2. The van der Waals surface area contributed by atoms with Crippen LogP contribution in [0.25, 0.3) is 11.1 Å². The first kappa shape index (κ1) is 19.9. The highest BCUT2D eigenvalue weighted by molar-refractivity contribution is 7.99. The molecule has 1 atom stereocenters. The van der Waals surface area contributed by atoms with Crippen LogP contribution < -0.4 is 10.6 Å². The van der Waals surface area contributed by atoms with Gasteiger partial charge >= 0.3 is 6.09 Å². The molecule has 0 saturated carbocycles. The Morgan fingerprint density at radius 2 is 1.71 bits per heavy atom. The molecule has 0 spiro atoms. The Bertz CT molecular complexity index is 825. The normalized spacial score (nSPS) is 13.2. The fourth-order valence-corrected chi connectivity index (χ4v) is 4.08. The SMILES string of the molecule is CC(=O)NCSCC(C=O)NC(=O)OCC1c2ccccc2-c2ccccc21. The first-order chi connectivity index (χ1) is 13.6. The Kier molecular flexibility index (Phi) is 6.71. The minimum Gasteiger partial charge on any atom is -0.449 e. The summed E-state index contributed by atoms with van der Waals surface area (Å²) in [6.45, 7) is 1.62. The first-order valence-corrected chi connectivity index (χ1v) is 10.1. The lowest BCUT2D eigenvalue weighted by Gasteiger charge is -2.16. The molecule has 0 heterocycles. The monoisotopic (exact) mass is 398 g/mol. The van der Waals surface area contributed by atoms with Gasteiger partial charge in [-0.2, -0.15) is 0 Å². The van der Waals surface area contributed by atoms with Crippen molar-refractivity contribution >= 4 is 30.0 Å². The maximum Gasteiger partial charge on any atom is 0.407 e. The van der Waals surface area contributed by atoms with Crippen LogP contribution in [0.1, 0.15) is 24.0 Å². The molecule has 2 N–H and O–H groups in total. The summed E-state index contributed by atoms with van der Waals surface area (Å²) in [6, 6.07) is 15.5. The summed E-state index contributed by atoms with van der Waals surface area (Å²) in [5, 5.41) is 5.19. The number of amides is 2. The summed E-state index contributed by atoms with van der Waals surface area (Å²) in [4.78, 5) is 34.2. The molecule has 3 rings (SSSR count). The van der Waals surface area contributed by atoms with Crippen molar-refractivity contribution in [1.29, 1.82) is 0 Å². The highest BCUT2D eigenvalue weighted by atomic mass is 32.2. The smallest absolute Gasteiger partial charge is 0.407 e. The number of carbonyl (C=O) groups excluding carboxylic acids is 3. The first-order valence-electron chi connectivity index (χ1n) is 8.99. The van der Waals surface area contributed by atoms with Gasteiger partial charge in [-0.15, -0.1) is 11.8 Å². The quantitative estimate of drug-likeness (QED) is 0.406. The average Bonchev–Trinajstić information content (AvgIpc) is 3.02. The van der Waals surface area contributed by atoms with Crippen molar-refractivity contribution in [3.05, 3.63) is 59.7 Å². The molecule has 0 fully saturated rings. The van der Waals surface area contributed by atoms with Gasteiger partial charge < -0.3 is 20.2 Å². The van der Waals surface area contributed by atoms with Crippen molar-refractivity contribution < 1.29 is 19.1 Å². The summed E-state index contributed by atoms with van der Waals surface area (Å²) >= 11 is 1.35. The highest BCUT2D eigenvalue weighted by Crippen LogP contribution is 2.44. The zero-order valence-electron chi connectivity index (χ0n) is 15.5. The Morgan fingerprint density at radius 3 is 2.29 bits per heavy atom. The van der Waals surface area contributed by atoms with E-state index >= 15 is 0 Å². The second kappa shape index (κ2) is 9.41. The Morgan fingerprint density at radius 1 is 1.11 bits per heavy atom. The lowest BCUT2D eigenvalue weighted by molar-refractivity contribution is -0.118. The van der Waals surface area contributed by atoms with Crippen LogP contribution in [0.4, 0.5) is 4.79 Å². The van der Waals surface area contributed by atoms with Gasteiger partial charge in [0.05, 0.1) is 11.9 Å². The predicted molar refractivity (Wildman–Crippen MR) is 109 cm³/mol. The molecule has 1 aliphatic rings. The average molecular weight is 398 g/mol. The third-order valence-electron chi connectivity index (χ3n) is 4.53. The van der Waals surface area contributed by atoms with E-state index in [9.17, 15) is 14.4 Å². The van der Waals surface area contributed by atoms with E-state index in [1.54, 1.807) is 0 Å². The maximum atomic E-state index is 12.2. The highest BCUT2D eigenvalue weighted by Gasteiger charge is 2.29. The van der Waals surface area contributed by atoms with Gasteiger partial charge in [0.2, 0.25) is 5.91 Å². The van der Waals surface area contributed by atoms with Crippen molar-refractivity contribution in [2.45, 2.75) is 18.9 Å². The minimum atomic E-state index is -0.672. The Hall–Kier alpha value is -2.80. The maximum absolute atomic E-state index is 12.2. The molecular weight excluding hydrogens is 376 g/mol. The van der Waals surface area contributed by atoms with Crippen molar-refractivity contribution in [3.63, 3.8) is 0 Å². The van der Waals surface area contributed by atoms with Crippen LogP contribution in [0.2, 0.25) is 0 Å². The van der Waals surface area contributed by atoms with Gasteiger partial charge in [-0.25, -0.2) is 4.79 Å². The van der Waals surface area contributed by atoms with Gasteiger partial charge in [0.1, 0.15) is 12.9 Å². The second-order valence-electron chi connectivity index (χ2n) is 6.46. The van der Waals surface area contributed by atoms with Gasteiger partial charge in [-0.1, -0.05) is 48.5 Å². The molecular formula is C21H22N2O4S. The molecule has 0 aliphatic heterocycles. The number of nitrogens with one attached hydrogen (secondary N) is 2. The molecule has 0 aromatic heterocycles. The van der Waals surface area contributed by atoms with Crippen LogP contribution in [-0.2, 0) is 14.3 Å². The molecule has 1 unspecified atom stereocenters. The molecule has 6 nitrogen and oxygen atoms in total. The van der Waals surface area contributed by atoms with Crippen LogP contribution in [0.15, 0.2) is 48.5 Å². The summed E-state index contributed by atoms with van der Waals surface area (Å²) in [5.41, 5.74) is 4.59. The van der Waals surface area contributed by atoms with Crippen molar-refractivity contribution in [1.82, 2.24) is 10.6 Å². The van der Waals surface area contributed by atoms with E-state index in [-0.39, 0.29) is 18.4 Å². The number of carbonyl (C=O) groups is 3. The number of fused-ring (bicyclic) bond motifs is 3. The number of ether oxygens (including phenoxy) is 1.